The molecule has 2 atom stereocenters. The molecule has 2 rings (SSSR count). The first-order valence-electron chi connectivity index (χ1n) is 7.55. The van der Waals surface area contributed by atoms with E-state index in [0.717, 1.165) is 6.54 Å². The van der Waals surface area contributed by atoms with Gasteiger partial charge in [0.05, 0.1) is 6.04 Å². The smallest absolute Gasteiger partial charge is 0.102 e. The fourth-order valence-electron chi connectivity index (χ4n) is 2.80. The van der Waals surface area contributed by atoms with Gasteiger partial charge in [-0.1, -0.05) is 61.0 Å². The van der Waals surface area contributed by atoms with Crippen LogP contribution >= 0.6 is 0 Å². The summed E-state index contributed by atoms with van der Waals surface area (Å²) in [7, 11) is 1.78. The van der Waals surface area contributed by atoms with Crippen LogP contribution in [0, 0.1) is 13.8 Å². The van der Waals surface area contributed by atoms with E-state index in [1.165, 1.54) is 22.3 Å². The topological polar surface area (TPSA) is 21.3 Å². The van der Waals surface area contributed by atoms with Gasteiger partial charge in [-0.2, -0.15) is 0 Å². The maximum atomic E-state index is 5.84. The lowest BCUT2D eigenvalue weighted by atomic mass is 9.91. The van der Waals surface area contributed by atoms with Crippen LogP contribution in [0.3, 0.4) is 0 Å². The summed E-state index contributed by atoms with van der Waals surface area (Å²) in [6, 6.07) is 17.2. The van der Waals surface area contributed by atoms with E-state index in [0.29, 0.717) is 0 Å². The Kier molecular flexibility index (Phi) is 5.54. The standard InChI is InChI=1S/C19H25NO/c1-5-20-18(17-13-14(2)11-12-15(17)3)19(21-4)16-9-7-6-8-10-16/h6-13,18-20H,5H2,1-4H3. The largest absolute Gasteiger partial charge is 0.375 e. The fraction of sp³-hybridized carbons (Fsp3) is 0.368. The average Bonchev–Trinajstić information content (AvgIpc) is 2.51. The summed E-state index contributed by atoms with van der Waals surface area (Å²) < 4.78 is 5.84. The van der Waals surface area contributed by atoms with Gasteiger partial charge in [-0.15, -0.1) is 0 Å². The van der Waals surface area contributed by atoms with Crippen molar-refractivity contribution in [3.8, 4) is 0 Å². The highest BCUT2D eigenvalue weighted by Crippen LogP contribution is 2.33. The van der Waals surface area contributed by atoms with Crippen LogP contribution in [0.2, 0.25) is 0 Å². The minimum absolute atomic E-state index is 0.00616. The summed E-state index contributed by atoms with van der Waals surface area (Å²) in [5.41, 5.74) is 5.09. The zero-order chi connectivity index (χ0) is 15.2. The molecule has 0 saturated carbocycles. The predicted molar refractivity (Wildman–Crippen MR) is 88.5 cm³/mol. The number of likely N-dealkylation sites (N-methyl/N-ethyl adjacent to an activating group) is 1. The van der Waals surface area contributed by atoms with E-state index >= 15 is 0 Å². The van der Waals surface area contributed by atoms with Crippen molar-refractivity contribution < 1.29 is 4.74 Å². The van der Waals surface area contributed by atoms with Gasteiger partial charge in [-0.25, -0.2) is 0 Å². The Bertz CT molecular complexity index is 565. The summed E-state index contributed by atoms with van der Waals surface area (Å²) in [4.78, 5) is 0. The molecule has 0 aromatic heterocycles. The first-order chi connectivity index (χ1) is 10.2. The highest BCUT2D eigenvalue weighted by Gasteiger charge is 2.25. The van der Waals surface area contributed by atoms with E-state index in [2.05, 4.69) is 68.6 Å². The van der Waals surface area contributed by atoms with E-state index in [-0.39, 0.29) is 12.1 Å². The molecule has 0 bridgehead atoms. The van der Waals surface area contributed by atoms with Gasteiger partial charge in [0.2, 0.25) is 0 Å². The Balaban J connectivity index is 2.43. The van der Waals surface area contributed by atoms with E-state index in [1.807, 2.05) is 6.07 Å². The summed E-state index contributed by atoms with van der Waals surface area (Å²) in [6.07, 6.45) is 0.00616. The lowest BCUT2D eigenvalue weighted by molar-refractivity contribution is 0.0679. The Hall–Kier alpha value is -1.64. The molecule has 2 heteroatoms. The molecule has 1 N–H and O–H groups in total. The monoisotopic (exact) mass is 283 g/mol. The molecule has 21 heavy (non-hydrogen) atoms. The second-order valence-electron chi connectivity index (χ2n) is 5.46. The minimum Gasteiger partial charge on any atom is -0.375 e. The molecule has 0 radical (unpaired) electrons. The molecule has 2 nitrogen and oxygen atoms in total. The second-order valence-corrected chi connectivity index (χ2v) is 5.46. The van der Waals surface area contributed by atoms with E-state index < -0.39 is 0 Å². The van der Waals surface area contributed by atoms with Gasteiger partial charge < -0.3 is 10.1 Å². The Labute approximate surface area is 128 Å². The maximum Gasteiger partial charge on any atom is 0.102 e. The van der Waals surface area contributed by atoms with Crippen LogP contribution in [0.5, 0.6) is 0 Å². The third-order valence-corrected chi connectivity index (χ3v) is 3.88. The number of aryl methyl sites for hydroxylation is 2. The van der Waals surface area contributed by atoms with Gasteiger partial charge in [0.1, 0.15) is 6.10 Å². The summed E-state index contributed by atoms with van der Waals surface area (Å²) in [6.45, 7) is 7.34. The number of rotatable bonds is 6. The number of hydrogen-bond acceptors (Lipinski definition) is 2. The first kappa shape index (κ1) is 15.7. The van der Waals surface area contributed by atoms with Crippen molar-refractivity contribution >= 4 is 0 Å². The highest BCUT2D eigenvalue weighted by molar-refractivity contribution is 5.35. The van der Waals surface area contributed by atoms with Crippen molar-refractivity contribution in [2.75, 3.05) is 13.7 Å². The minimum atomic E-state index is 0.00616. The van der Waals surface area contributed by atoms with E-state index in [1.54, 1.807) is 7.11 Å². The van der Waals surface area contributed by atoms with Crippen LogP contribution in [-0.2, 0) is 4.74 Å². The summed E-state index contributed by atoms with van der Waals surface area (Å²) in [5, 5.41) is 3.59. The van der Waals surface area contributed by atoms with E-state index in [9.17, 15) is 0 Å². The Morgan fingerprint density at radius 1 is 1.05 bits per heavy atom. The summed E-state index contributed by atoms with van der Waals surface area (Å²) in [5.74, 6) is 0. The molecule has 0 saturated heterocycles. The highest BCUT2D eigenvalue weighted by atomic mass is 16.5. The molecule has 0 aliphatic heterocycles. The number of nitrogens with one attached hydrogen (secondary N) is 1. The van der Waals surface area contributed by atoms with Crippen LogP contribution in [0.1, 0.15) is 41.3 Å². The molecular weight excluding hydrogens is 258 g/mol. The van der Waals surface area contributed by atoms with Crippen molar-refractivity contribution in [2.45, 2.75) is 32.9 Å². The lowest BCUT2D eigenvalue weighted by Gasteiger charge is -2.29. The Morgan fingerprint density at radius 3 is 2.38 bits per heavy atom. The molecule has 0 heterocycles. The zero-order valence-electron chi connectivity index (χ0n) is 13.4. The van der Waals surface area contributed by atoms with E-state index in [4.69, 9.17) is 4.74 Å². The number of benzene rings is 2. The van der Waals surface area contributed by atoms with Crippen molar-refractivity contribution in [3.05, 3.63) is 70.8 Å². The number of methoxy groups -OCH3 is 1. The van der Waals surface area contributed by atoms with Gasteiger partial charge in [0.15, 0.2) is 0 Å². The van der Waals surface area contributed by atoms with Crippen LogP contribution in [-0.4, -0.2) is 13.7 Å². The quantitative estimate of drug-likeness (QED) is 0.851. The van der Waals surface area contributed by atoms with Crippen LogP contribution in [0.25, 0.3) is 0 Å². The molecule has 0 aliphatic carbocycles. The van der Waals surface area contributed by atoms with Gasteiger partial charge in [0.25, 0.3) is 0 Å². The molecule has 2 unspecified atom stereocenters. The summed E-state index contributed by atoms with van der Waals surface area (Å²) >= 11 is 0. The third kappa shape index (κ3) is 3.72. The number of ether oxygens (including phenoxy) is 1. The second kappa shape index (κ2) is 7.39. The molecule has 2 aromatic rings. The Morgan fingerprint density at radius 2 is 1.76 bits per heavy atom. The van der Waals surface area contributed by atoms with Crippen molar-refractivity contribution in [1.29, 1.82) is 0 Å². The molecule has 2 aromatic carbocycles. The average molecular weight is 283 g/mol. The third-order valence-electron chi connectivity index (χ3n) is 3.88. The maximum absolute atomic E-state index is 5.84. The van der Waals surface area contributed by atoms with Crippen molar-refractivity contribution in [3.63, 3.8) is 0 Å². The van der Waals surface area contributed by atoms with Gasteiger partial charge >= 0.3 is 0 Å². The molecule has 0 spiro atoms. The number of hydrogen-bond donors (Lipinski definition) is 1. The van der Waals surface area contributed by atoms with Gasteiger partial charge in [-0.3, -0.25) is 0 Å². The molecular formula is C19H25NO. The van der Waals surface area contributed by atoms with Gasteiger partial charge in [-0.05, 0) is 37.1 Å². The normalized spacial score (nSPS) is 13.9. The van der Waals surface area contributed by atoms with Crippen LogP contribution in [0.4, 0.5) is 0 Å². The molecule has 0 aliphatic rings. The lowest BCUT2D eigenvalue weighted by Crippen LogP contribution is -2.28. The van der Waals surface area contributed by atoms with Crippen LogP contribution in [0.15, 0.2) is 48.5 Å². The molecule has 0 fully saturated rings. The van der Waals surface area contributed by atoms with Crippen LogP contribution < -0.4 is 5.32 Å². The predicted octanol–water partition coefficient (Wildman–Crippen LogP) is 4.34. The first-order valence-corrected chi connectivity index (χ1v) is 7.55. The van der Waals surface area contributed by atoms with Crippen molar-refractivity contribution in [1.82, 2.24) is 5.32 Å². The fourth-order valence-corrected chi connectivity index (χ4v) is 2.80. The molecule has 0 amide bonds. The van der Waals surface area contributed by atoms with Crippen molar-refractivity contribution in [2.24, 2.45) is 0 Å². The van der Waals surface area contributed by atoms with Gasteiger partial charge in [0, 0.05) is 7.11 Å². The molecule has 112 valence electrons. The zero-order valence-corrected chi connectivity index (χ0v) is 13.4. The SMILES string of the molecule is CCNC(c1cc(C)ccc1C)C(OC)c1ccccc1.